The van der Waals surface area contributed by atoms with E-state index in [0.717, 1.165) is 6.20 Å². The van der Waals surface area contributed by atoms with E-state index >= 15 is 0 Å². The lowest BCUT2D eigenvalue weighted by atomic mass is 10.3. The second-order valence-corrected chi connectivity index (χ2v) is 3.93. The van der Waals surface area contributed by atoms with Crippen LogP contribution in [0.2, 0.25) is 0 Å². The van der Waals surface area contributed by atoms with Gasteiger partial charge in [-0.2, -0.15) is 18.3 Å². The Balaban J connectivity index is 2.03. The highest BCUT2D eigenvalue weighted by atomic mass is 19.4. The molecule has 0 saturated heterocycles. The fourth-order valence-electron chi connectivity index (χ4n) is 1.48. The molecule has 0 saturated carbocycles. The standard InChI is InChI=1S/C10H11F3N6/c1-7(4-19-6-14-5-16-19)17-8-2-3-15-9(18-8)10(11,12)13/h2-3,5-7H,4H2,1H3,(H,15,17,18)/t7-/m1/s1. The molecule has 0 radical (unpaired) electrons. The first-order chi connectivity index (χ1) is 8.95. The van der Waals surface area contributed by atoms with E-state index in [9.17, 15) is 13.2 Å². The van der Waals surface area contributed by atoms with Crippen LogP contribution in [-0.2, 0) is 12.7 Å². The Bertz CT molecular complexity index is 524. The van der Waals surface area contributed by atoms with Gasteiger partial charge in [0.25, 0.3) is 0 Å². The fraction of sp³-hybridized carbons (Fsp3) is 0.400. The zero-order valence-electron chi connectivity index (χ0n) is 9.96. The number of halogens is 3. The first-order valence-electron chi connectivity index (χ1n) is 5.44. The highest BCUT2D eigenvalue weighted by Crippen LogP contribution is 2.26. The molecule has 0 bridgehead atoms. The van der Waals surface area contributed by atoms with Crippen LogP contribution >= 0.6 is 0 Å². The van der Waals surface area contributed by atoms with Gasteiger partial charge in [0.2, 0.25) is 5.82 Å². The fourth-order valence-corrected chi connectivity index (χ4v) is 1.48. The van der Waals surface area contributed by atoms with Crippen molar-refractivity contribution < 1.29 is 13.2 Å². The molecule has 2 heterocycles. The van der Waals surface area contributed by atoms with Crippen molar-refractivity contribution in [2.75, 3.05) is 5.32 Å². The van der Waals surface area contributed by atoms with E-state index in [1.165, 1.54) is 18.7 Å². The maximum absolute atomic E-state index is 12.4. The number of rotatable bonds is 4. The van der Waals surface area contributed by atoms with Crippen molar-refractivity contribution in [3.05, 3.63) is 30.7 Å². The van der Waals surface area contributed by atoms with Crippen LogP contribution in [0, 0.1) is 0 Å². The zero-order chi connectivity index (χ0) is 13.9. The first-order valence-corrected chi connectivity index (χ1v) is 5.44. The Hall–Kier alpha value is -2.19. The van der Waals surface area contributed by atoms with E-state index < -0.39 is 12.0 Å². The van der Waals surface area contributed by atoms with Gasteiger partial charge in [-0.25, -0.2) is 15.0 Å². The summed E-state index contributed by atoms with van der Waals surface area (Å²) in [5, 5.41) is 6.76. The Morgan fingerprint density at radius 1 is 1.42 bits per heavy atom. The molecule has 0 spiro atoms. The van der Waals surface area contributed by atoms with Crippen LogP contribution in [0.5, 0.6) is 0 Å². The second-order valence-electron chi connectivity index (χ2n) is 3.93. The van der Waals surface area contributed by atoms with Crippen molar-refractivity contribution in [2.24, 2.45) is 0 Å². The molecule has 0 aliphatic rings. The molecular weight excluding hydrogens is 261 g/mol. The van der Waals surface area contributed by atoms with Crippen LogP contribution in [0.3, 0.4) is 0 Å². The van der Waals surface area contributed by atoms with Crippen molar-refractivity contribution in [3.8, 4) is 0 Å². The van der Waals surface area contributed by atoms with Gasteiger partial charge in [0.15, 0.2) is 0 Å². The second kappa shape index (κ2) is 5.21. The molecule has 0 aliphatic carbocycles. The van der Waals surface area contributed by atoms with Gasteiger partial charge in [-0.15, -0.1) is 0 Å². The van der Waals surface area contributed by atoms with Crippen LogP contribution < -0.4 is 5.32 Å². The first kappa shape index (κ1) is 13.2. The van der Waals surface area contributed by atoms with Gasteiger partial charge in [0.05, 0.1) is 6.54 Å². The summed E-state index contributed by atoms with van der Waals surface area (Å²) in [6.45, 7) is 2.27. The molecule has 0 aromatic carbocycles. The molecule has 2 aromatic rings. The molecule has 102 valence electrons. The van der Waals surface area contributed by atoms with Crippen molar-refractivity contribution in [3.63, 3.8) is 0 Å². The number of nitrogens with zero attached hydrogens (tertiary/aromatic N) is 5. The van der Waals surface area contributed by atoms with E-state index in [4.69, 9.17) is 0 Å². The number of hydrogen-bond donors (Lipinski definition) is 1. The number of anilines is 1. The highest BCUT2D eigenvalue weighted by molar-refractivity contribution is 5.34. The smallest absolute Gasteiger partial charge is 0.366 e. The summed E-state index contributed by atoms with van der Waals surface area (Å²) >= 11 is 0. The molecule has 1 N–H and O–H groups in total. The lowest BCUT2D eigenvalue weighted by Crippen LogP contribution is -2.23. The Kier molecular flexibility index (Phi) is 3.63. The van der Waals surface area contributed by atoms with Crippen LogP contribution in [0.4, 0.5) is 19.0 Å². The third-order valence-electron chi connectivity index (χ3n) is 2.23. The van der Waals surface area contributed by atoms with Crippen molar-refractivity contribution >= 4 is 5.82 Å². The monoisotopic (exact) mass is 272 g/mol. The van der Waals surface area contributed by atoms with Crippen LogP contribution in [0.25, 0.3) is 0 Å². The van der Waals surface area contributed by atoms with Gasteiger partial charge < -0.3 is 5.32 Å². The molecule has 2 aromatic heterocycles. The minimum atomic E-state index is -4.55. The summed E-state index contributed by atoms with van der Waals surface area (Å²) in [7, 11) is 0. The Morgan fingerprint density at radius 3 is 2.84 bits per heavy atom. The molecule has 0 fully saturated rings. The molecule has 0 unspecified atom stereocenters. The van der Waals surface area contributed by atoms with E-state index in [0.29, 0.717) is 6.54 Å². The molecule has 0 aliphatic heterocycles. The number of nitrogens with one attached hydrogen (secondary N) is 1. The SMILES string of the molecule is C[C@H](Cn1cncn1)Nc1ccnc(C(F)(F)F)n1. The number of alkyl halides is 3. The summed E-state index contributed by atoms with van der Waals surface area (Å²) < 4.78 is 38.9. The van der Waals surface area contributed by atoms with Gasteiger partial charge in [-0.05, 0) is 13.0 Å². The summed E-state index contributed by atoms with van der Waals surface area (Å²) in [6.07, 6.45) is -0.564. The van der Waals surface area contributed by atoms with Gasteiger partial charge in [0.1, 0.15) is 18.5 Å². The molecular formula is C10H11F3N6. The molecule has 1 atom stereocenters. The third kappa shape index (κ3) is 3.63. The number of aromatic nitrogens is 5. The summed E-state index contributed by atoms with van der Waals surface area (Å²) in [5.74, 6) is -1.04. The topological polar surface area (TPSA) is 68.5 Å². The van der Waals surface area contributed by atoms with Crippen molar-refractivity contribution in [1.82, 2.24) is 24.7 Å². The minimum absolute atomic E-state index is 0.120. The lowest BCUT2D eigenvalue weighted by Gasteiger charge is -2.15. The minimum Gasteiger partial charge on any atom is -0.366 e. The van der Waals surface area contributed by atoms with Gasteiger partial charge in [0, 0.05) is 12.2 Å². The largest absolute Gasteiger partial charge is 0.451 e. The van der Waals surface area contributed by atoms with Gasteiger partial charge >= 0.3 is 6.18 Å². The maximum Gasteiger partial charge on any atom is 0.451 e. The molecule has 9 heteroatoms. The summed E-state index contributed by atoms with van der Waals surface area (Å²) in [4.78, 5) is 10.4. The van der Waals surface area contributed by atoms with Crippen molar-refractivity contribution in [2.45, 2.75) is 25.7 Å². The third-order valence-corrected chi connectivity index (χ3v) is 2.23. The maximum atomic E-state index is 12.4. The summed E-state index contributed by atoms with van der Waals surface area (Å²) in [6, 6.07) is 1.23. The zero-order valence-corrected chi connectivity index (χ0v) is 9.96. The Morgan fingerprint density at radius 2 is 2.21 bits per heavy atom. The molecule has 19 heavy (non-hydrogen) atoms. The quantitative estimate of drug-likeness (QED) is 0.915. The van der Waals surface area contributed by atoms with Crippen molar-refractivity contribution in [1.29, 1.82) is 0 Å². The summed E-state index contributed by atoms with van der Waals surface area (Å²) in [5.41, 5.74) is 0. The normalized spacial score (nSPS) is 13.3. The van der Waals surface area contributed by atoms with Crippen LogP contribution in [0.1, 0.15) is 12.7 Å². The lowest BCUT2D eigenvalue weighted by molar-refractivity contribution is -0.144. The molecule has 2 rings (SSSR count). The predicted molar refractivity (Wildman–Crippen MR) is 60.1 cm³/mol. The van der Waals surface area contributed by atoms with Gasteiger partial charge in [-0.1, -0.05) is 0 Å². The van der Waals surface area contributed by atoms with Crippen LogP contribution in [-0.4, -0.2) is 30.8 Å². The molecule has 0 amide bonds. The Labute approximate surface area is 106 Å². The average molecular weight is 272 g/mol. The van der Waals surface area contributed by atoms with E-state index in [-0.39, 0.29) is 11.9 Å². The predicted octanol–water partition coefficient (Wildman–Crippen LogP) is 1.59. The average Bonchev–Trinajstić information content (AvgIpc) is 2.80. The van der Waals surface area contributed by atoms with E-state index in [2.05, 4.69) is 25.4 Å². The number of hydrogen-bond acceptors (Lipinski definition) is 5. The highest BCUT2D eigenvalue weighted by Gasteiger charge is 2.34. The van der Waals surface area contributed by atoms with E-state index in [1.807, 2.05) is 0 Å². The van der Waals surface area contributed by atoms with Crippen LogP contribution in [0.15, 0.2) is 24.9 Å². The van der Waals surface area contributed by atoms with E-state index in [1.54, 1.807) is 11.6 Å². The molecule has 6 nitrogen and oxygen atoms in total. The van der Waals surface area contributed by atoms with Gasteiger partial charge in [-0.3, -0.25) is 4.68 Å².